The molecule has 1 saturated carbocycles. The molecular weight excluding hydrogens is 338 g/mol. The Morgan fingerprint density at radius 2 is 2.04 bits per heavy atom. The van der Waals surface area contributed by atoms with Crippen LogP contribution in [0.2, 0.25) is 0 Å². The summed E-state index contributed by atoms with van der Waals surface area (Å²) in [5, 5.41) is 8.03. The molecule has 0 unspecified atom stereocenters. The zero-order chi connectivity index (χ0) is 17.2. The number of hydrogen-bond acceptors (Lipinski definition) is 5. The lowest BCUT2D eigenvalue weighted by atomic mass is 10.2. The Morgan fingerprint density at radius 3 is 2.80 bits per heavy atom. The molecule has 2 N–H and O–H groups in total. The highest BCUT2D eigenvalue weighted by atomic mass is 32.1. The third-order valence-electron chi connectivity index (χ3n) is 3.76. The molecule has 2 amide bonds. The maximum atomic E-state index is 12.4. The SMILES string of the molecule is O=C(NC1CC1)c1cccc(NC(=O)c2csc(-c3ccco3)n2)c1. The van der Waals surface area contributed by atoms with Crippen molar-refractivity contribution in [3.8, 4) is 10.8 Å². The molecule has 0 aliphatic heterocycles. The predicted octanol–water partition coefficient (Wildman–Crippen LogP) is 3.55. The van der Waals surface area contributed by atoms with E-state index < -0.39 is 0 Å². The van der Waals surface area contributed by atoms with Gasteiger partial charge < -0.3 is 15.1 Å². The van der Waals surface area contributed by atoms with Gasteiger partial charge in [0.2, 0.25) is 0 Å². The molecule has 2 aromatic heterocycles. The van der Waals surface area contributed by atoms with Crippen LogP contribution in [0.5, 0.6) is 0 Å². The number of hydrogen-bond donors (Lipinski definition) is 2. The maximum absolute atomic E-state index is 12.4. The van der Waals surface area contributed by atoms with Gasteiger partial charge in [-0.15, -0.1) is 11.3 Å². The van der Waals surface area contributed by atoms with E-state index in [4.69, 9.17) is 4.42 Å². The second kappa shape index (κ2) is 6.52. The monoisotopic (exact) mass is 353 g/mol. The van der Waals surface area contributed by atoms with Crippen LogP contribution in [0, 0.1) is 0 Å². The van der Waals surface area contributed by atoms with E-state index in [1.807, 2.05) is 0 Å². The molecule has 0 bridgehead atoms. The van der Waals surface area contributed by atoms with Crippen LogP contribution in [0.1, 0.15) is 33.7 Å². The van der Waals surface area contributed by atoms with Gasteiger partial charge in [-0.3, -0.25) is 9.59 Å². The zero-order valence-electron chi connectivity index (χ0n) is 13.2. The molecule has 1 aliphatic rings. The van der Waals surface area contributed by atoms with Crippen LogP contribution in [0.3, 0.4) is 0 Å². The van der Waals surface area contributed by atoms with Crippen molar-refractivity contribution in [1.29, 1.82) is 0 Å². The second-order valence-electron chi connectivity index (χ2n) is 5.80. The zero-order valence-corrected chi connectivity index (χ0v) is 14.0. The molecule has 25 heavy (non-hydrogen) atoms. The summed E-state index contributed by atoms with van der Waals surface area (Å²) in [5.74, 6) is 0.184. The molecule has 6 nitrogen and oxygen atoms in total. The third kappa shape index (κ3) is 3.61. The van der Waals surface area contributed by atoms with E-state index in [0.29, 0.717) is 33.8 Å². The number of carbonyl (C=O) groups excluding carboxylic acids is 2. The number of thiazole rings is 1. The minimum atomic E-state index is -0.325. The van der Waals surface area contributed by atoms with E-state index in [9.17, 15) is 9.59 Å². The normalized spacial score (nSPS) is 13.4. The molecule has 1 aromatic carbocycles. The Bertz CT molecular complexity index is 913. The molecule has 126 valence electrons. The van der Waals surface area contributed by atoms with Crippen molar-refractivity contribution in [2.45, 2.75) is 18.9 Å². The summed E-state index contributed by atoms with van der Waals surface area (Å²) >= 11 is 1.34. The molecule has 0 saturated heterocycles. The van der Waals surface area contributed by atoms with Crippen LogP contribution < -0.4 is 10.6 Å². The van der Waals surface area contributed by atoms with Crippen LogP contribution >= 0.6 is 11.3 Å². The Balaban J connectivity index is 1.46. The van der Waals surface area contributed by atoms with E-state index in [1.54, 1.807) is 48.0 Å². The molecule has 0 radical (unpaired) electrons. The molecule has 3 aromatic rings. The van der Waals surface area contributed by atoms with Crippen molar-refractivity contribution in [1.82, 2.24) is 10.3 Å². The summed E-state index contributed by atoms with van der Waals surface area (Å²) in [6.45, 7) is 0. The number of amides is 2. The Hall–Kier alpha value is -2.93. The number of carbonyl (C=O) groups is 2. The molecule has 1 fully saturated rings. The largest absolute Gasteiger partial charge is 0.462 e. The summed E-state index contributed by atoms with van der Waals surface area (Å²) in [6.07, 6.45) is 3.63. The van der Waals surface area contributed by atoms with Crippen LogP contribution in [-0.4, -0.2) is 22.8 Å². The lowest BCUT2D eigenvalue weighted by molar-refractivity contribution is 0.0949. The minimum Gasteiger partial charge on any atom is -0.462 e. The summed E-state index contributed by atoms with van der Waals surface area (Å²) < 4.78 is 5.28. The molecule has 4 rings (SSSR count). The van der Waals surface area contributed by atoms with Gasteiger partial charge in [0, 0.05) is 22.7 Å². The molecule has 1 aliphatic carbocycles. The Labute approximate surface area is 147 Å². The Morgan fingerprint density at radius 1 is 1.16 bits per heavy atom. The first kappa shape index (κ1) is 15.6. The van der Waals surface area contributed by atoms with Crippen LogP contribution in [-0.2, 0) is 0 Å². The summed E-state index contributed by atoms with van der Waals surface area (Å²) in [6, 6.07) is 10.7. The quantitative estimate of drug-likeness (QED) is 0.735. The van der Waals surface area contributed by atoms with Gasteiger partial charge in [0.1, 0.15) is 5.69 Å². The molecular formula is C18H15N3O3S. The van der Waals surface area contributed by atoms with E-state index in [0.717, 1.165) is 12.8 Å². The van der Waals surface area contributed by atoms with Crippen LogP contribution in [0.25, 0.3) is 10.8 Å². The van der Waals surface area contributed by atoms with E-state index in [1.165, 1.54) is 11.3 Å². The first-order valence-corrected chi connectivity index (χ1v) is 8.79. The predicted molar refractivity (Wildman–Crippen MR) is 94.7 cm³/mol. The van der Waals surface area contributed by atoms with Gasteiger partial charge in [0.05, 0.1) is 6.26 Å². The fraction of sp³-hybridized carbons (Fsp3) is 0.167. The fourth-order valence-corrected chi connectivity index (χ4v) is 3.09. The fourth-order valence-electron chi connectivity index (χ4n) is 2.32. The van der Waals surface area contributed by atoms with Crippen LogP contribution in [0.15, 0.2) is 52.5 Å². The van der Waals surface area contributed by atoms with Gasteiger partial charge in [-0.05, 0) is 43.2 Å². The summed E-state index contributed by atoms with van der Waals surface area (Å²) in [4.78, 5) is 28.7. The number of benzene rings is 1. The molecule has 0 spiro atoms. The van der Waals surface area contributed by atoms with E-state index in [2.05, 4.69) is 15.6 Å². The average Bonchev–Trinajstić information content (AvgIpc) is 3.09. The number of furan rings is 1. The van der Waals surface area contributed by atoms with Crippen molar-refractivity contribution in [2.24, 2.45) is 0 Å². The average molecular weight is 353 g/mol. The van der Waals surface area contributed by atoms with Gasteiger partial charge in [0.25, 0.3) is 11.8 Å². The van der Waals surface area contributed by atoms with Gasteiger partial charge in [-0.1, -0.05) is 6.07 Å². The van der Waals surface area contributed by atoms with Crippen molar-refractivity contribution < 1.29 is 14.0 Å². The van der Waals surface area contributed by atoms with Gasteiger partial charge in [-0.25, -0.2) is 4.98 Å². The van der Waals surface area contributed by atoms with E-state index in [-0.39, 0.29) is 11.8 Å². The van der Waals surface area contributed by atoms with Crippen molar-refractivity contribution in [2.75, 3.05) is 5.32 Å². The lowest BCUT2D eigenvalue weighted by Gasteiger charge is -2.07. The van der Waals surface area contributed by atoms with Crippen molar-refractivity contribution in [3.05, 3.63) is 59.3 Å². The first-order valence-electron chi connectivity index (χ1n) is 7.91. The minimum absolute atomic E-state index is 0.118. The topological polar surface area (TPSA) is 84.2 Å². The Kier molecular flexibility index (Phi) is 4.07. The second-order valence-corrected chi connectivity index (χ2v) is 6.66. The third-order valence-corrected chi connectivity index (χ3v) is 4.62. The van der Waals surface area contributed by atoms with E-state index >= 15 is 0 Å². The number of nitrogens with one attached hydrogen (secondary N) is 2. The van der Waals surface area contributed by atoms with Crippen molar-refractivity contribution in [3.63, 3.8) is 0 Å². The highest BCUT2D eigenvalue weighted by Crippen LogP contribution is 2.24. The van der Waals surface area contributed by atoms with Gasteiger partial charge in [0.15, 0.2) is 10.8 Å². The van der Waals surface area contributed by atoms with Gasteiger partial charge >= 0.3 is 0 Å². The van der Waals surface area contributed by atoms with Gasteiger partial charge in [-0.2, -0.15) is 0 Å². The van der Waals surface area contributed by atoms with Crippen molar-refractivity contribution >= 4 is 28.8 Å². The smallest absolute Gasteiger partial charge is 0.275 e. The summed E-state index contributed by atoms with van der Waals surface area (Å²) in [5.41, 5.74) is 1.39. The first-order chi connectivity index (χ1) is 12.2. The number of anilines is 1. The highest BCUT2D eigenvalue weighted by molar-refractivity contribution is 7.13. The maximum Gasteiger partial charge on any atom is 0.275 e. The molecule has 7 heteroatoms. The highest BCUT2D eigenvalue weighted by Gasteiger charge is 2.24. The summed E-state index contributed by atoms with van der Waals surface area (Å²) in [7, 11) is 0. The standard InChI is InChI=1S/C18H15N3O3S/c22-16(19-12-6-7-12)11-3-1-4-13(9-11)20-17(23)14-10-25-18(21-14)15-5-2-8-24-15/h1-5,8-10,12H,6-7H2,(H,19,22)(H,20,23). The lowest BCUT2D eigenvalue weighted by Crippen LogP contribution is -2.25. The molecule has 0 atom stereocenters. The number of nitrogens with zero attached hydrogens (tertiary/aromatic N) is 1. The molecule has 2 heterocycles. The van der Waals surface area contributed by atoms with Crippen LogP contribution in [0.4, 0.5) is 5.69 Å². The number of aromatic nitrogens is 1. The number of rotatable bonds is 5.